The first-order valence-electron chi connectivity index (χ1n) is 10.2. The van der Waals surface area contributed by atoms with E-state index in [1.54, 1.807) is 0 Å². The molecule has 0 saturated carbocycles. The minimum absolute atomic E-state index is 0.0987. The highest BCUT2D eigenvalue weighted by molar-refractivity contribution is 5.83. The number of carbonyl (C=O) groups is 1. The number of nitrogens with one attached hydrogen (secondary N) is 1. The van der Waals surface area contributed by atoms with Gasteiger partial charge in [0.25, 0.3) is 0 Å². The van der Waals surface area contributed by atoms with Gasteiger partial charge >= 0.3 is 0 Å². The summed E-state index contributed by atoms with van der Waals surface area (Å²) in [5, 5.41) is 3.40. The molecule has 0 radical (unpaired) electrons. The van der Waals surface area contributed by atoms with E-state index in [1.807, 2.05) is 12.1 Å². The number of hydrogen-bond donors (Lipinski definition) is 1. The van der Waals surface area contributed by atoms with Gasteiger partial charge in [-0.1, -0.05) is 60.7 Å². The van der Waals surface area contributed by atoms with Gasteiger partial charge in [0.2, 0.25) is 5.91 Å². The summed E-state index contributed by atoms with van der Waals surface area (Å²) in [7, 11) is 4.64. The van der Waals surface area contributed by atoms with Crippen LogP contribution in [0.4, 0.5) is 0 Å². The zero-order chi connectivity index (χ0) is 18.9. The highest BCUT2D eigenvalue weighted by atomic mass is 16.2. The van der Waals surface area contributed by atoms with Gasteiger partial charge in [-0.2, -0.15) is 0 Å². The lowest BCUT2D eigenvalue weighted by atomic mass is 9.78. The van der Waals surface area contributed by atoms with Crippen LogP contribution in [0.5, 0.6) is 0 Å². The molecule has 2 heterocycles. The maximum absolute atomic E-state index is 13.0. The second-order valence-corrected chi connectivity index (χ2v) is 9.10. The Morgan fingerprint density at radius 3 is 2.07 bits per heavy atom. The first-order valence-corrected chi connectivity index (χ1v) is 10.2. The van der Waals surface area contributed by atoms with Crippen LogP contribution in [0.1, 0.15) is 36.8 Å². The highest BCUT2D eigenvalue weighted by Crippen LogP contribution is 2.42. The first-order chi connectivity index (χ1) is 13.0. The summed E-state index contributed by atoms with van der Waals surface area (Å²) in [4.78, 5) is 13.0. The summed E-state index contributed by atoms with van der Waals surface area (Å²) in [5.41, 5.74) is 1.98. The summed E-state index contributed by atoms with van der Waals surface area (Å²) >= 11 is 0. The van der Waals surface area contributed by atoms with Gasteiger partial charge in [0, 0.05) is 18.3 Å². The molecule has 2 unspecified atom stereocenters. The third-order valence-corrected chi connectivity index (χ3v) is 6.61. The van der Waals surface area contributed by atoms with E-state index in [2.05, 4.69) is 67.9 Å². The van der Waals surface area contributed by atoms with E-state index in [0.717, 1.165) is 23.2 Å². The zero-order valence-electron chi connectivity index (χ0n) is 16.5. The van der Waals surface area contributed by atoms with Crippen molar-refractivity contribution in [2.24, 2.45) is 11.8 Å². The molecule has 2 atom stereocenters. The van der Waals surface area contributed by atoms with Crippen molar-refractivity contribution in [1.82, 2.24) is 5.32 Å². The van der Waals surface area contributed by atoms with E-state index in [0.29, 0.717) is 0 Å². The van der Waals surface area contributed by atoms with Gasteiger partial charge in [-0.15, -0.1) is 0 Å². The minimum atomic E-state index is -0.394. The molecule has 2 aromatic carbocycles. The molecule has 0 spiro atoms. The van der Waals surface area contributed by atoms with Crippen molar-refractivity contribution in [2.45, 2.75) is 31.2 Å². The van der Waals surface area contributed by atoms with Gasteiger partial charge in [-0.3, -0.25) is 4.79 Å². The fraction of sp³-hybridized carbons (Fsp3) is 0.458. The number of likely N-dealkylation sites (tertiary alicyclic amines) is 1. The van der Waals surface area contributed by atoms with Crippen molar-refractivity contribution >= 4 is 5.91 Å². The van der Waals surface area contributed by atoms with E-state index in [1.165, 1.54) is 37.1 Å². The highest BCUT2D eigenvalue weighted by Gasteiger charge is 2.46. The molecule has 1 amide bonds. The molecule has 3 heteroatoms. The Morgan fingerprint density at radius 2 is 1.56 bits per heavy atom. The first kappa shape index (κ1) is 18.2. The number of rotatable bonds is 5. The molecule has 0 bridgehead atoms. The fourth-order valence-electron chi connectivity index (χ4n) is 5.14. The molecule has 2 aliphatic rings. The van der Waals surface area contributed by atoms with Gasteiger partial charge < -0.3 is 9.80 Å². The van der Waals surface area contributed by atoms with Gasteiger partial charge in [0.15, 0.2) is 0 Å². The Bertz CT molecular complexity index is 745. The third-order valence-electron chi connectivity index (χ3n) is 6.61. The molecule has 2 saturated heterocycles. The van der Waals surface area contributed by atoms with Crippen molar-refractivity contribution in [2.75, 3.05) is 27.2 Å². The van der Waals surface area contributed by atoms with Crippen LogP contribution >= 0.6 is 0 Å². The average Bonchev–Trinajstić information content (AvgIpc) is 3.21. The summed E-state index contributed by atoms with van der Waals surface area (Å²) in [6.45, 7) is 2.51. The van der Waals surface area contributed by atoms with Crippen molar-refractivity contribution in [3.05, 3.63) is 71.8 Å². The lowest BCUT2D eigenvalue weighted by Crippen LogP contribution is -2.39. The lowest BCUT2D eigenvalue weighted by Gasteiger charge is -2.31. The van der Waals surface area contributed by atoms with Crippen molar-refractivity contribution in [1.29, 1.82) is 0 Å². The SMILES string of the molecule is C[N+]1(C)CCC(CCC2CC(c3ccccc3)(c3ccccc3)NC2=O)C1. The summed E-state index contributed by atoms with van der Waals surface area (Å²) < 4.78 is 1.12. The number of quaternary nitrogens is 1. The van der Waals surface area contributed by atoms with Crippen LogP contribution in [0, 0.1) is 11.8 Å². The van der Waals surface area contributed by atoms with Crippen molar-refractivity contribution in [3.8, 4) is 0 Å². The van der Waals surface area contributed by atoms with E-state index < -0.39 is 5.54 Å². The maximum Gasteiger partial charge on any atom is 0.224 e. The third kappa shape index (κ3) is 3.66. The number of nitrogens with zero attached hydrogens (tertiary/aromatic N) is 1. The van der Waals surface area contributed by atoms with E-state index >= 15 is 0 Å². The van der Waals surface area contributed by atoms with Crippen LogP contribution in [0.15, 0.2) is 60.7 Å². The van der Waals surface area contributed by atoms with E-state index in [9.17, 15) is 4.79 Å². The fourth-order valence-corrected chi connectivity index (χ4v) is 5.14. The monoisotopic (exact) mass is 363 g/mol. The summed E-state index contributed by atoms with van der Waals surface area (Å²) in [6.07, 6.45) is 4.31. The second-order valence-electron chi connectivity index (χ2n) is 9.10. The summed E-state index contributed by atoms with van der Waals surface area (Å²) in [5.74, 6) is 1.08. The standard InChI is InChI=1S/C24H30N2O/c1-26(2)16-15-19(18-26)13-14-20-17-24(25-23(20)27,21-9-5-3-6-10-21)22-11-7-4-8-12-22/h3-12,19-20H,13-18H2,1-2H3/p+1. The number of hydrogen-bond acceptors (Lipinski definition) is 1. The normalized spacial score (nSPS) is 26.1. The topological polar surface area (TPSA) is 29.1 Å². The number of benzene rings is 2. The Kier molecular flexibility index (Phi) is 4.81. The molecular formula is C24H31N2O+. The van der Waals surface area contributed by atoms with Crippen LogP contribution in [0.3, 0.4) is 0 Å². The van der Waals surface area contributed by atoms with Gasteiger partial charge in [0.1, 0.15) is 0 Å². The van der Waals surface area contributed by atoms with Gasteiger partial charge in [-0.25, -0.2) is 0 Å². The molecule has 1 N–H and O–H groups in total. The molecule has 142 valence electrons. The molecular weight excluding hydrogens is 332 g/mol. The van der Waals surface area contributed by atoms with Crippen molar-refractivity contribution in [3.63, 3.8) is 0 Å². The van der Waals surface area contributed by atoms with E-state index in [-0.39, 0.29) is 11.8 Å². The Balaban J connectivity index is 1.55. The number of carbonyl (C=O) groups excluding carboxylic acids is 1. The zero-order valence-corrected chi connectivity index (χ0v) is 16.5. The predicted octanol–water partition coefficient (Wildman–Crippen LogP) is 3.94. The Labute approximate surface area is 163 Å². The van der Waals surface area contributed by atoms with Crippen LogP contribution in [0.2, 0.25) is 0 Å². The minimum Gasteiger partial charge on any atom is -0.342 e. The maximum atomic E-state index is 13.0. The molecule has 4 rings (SSSR count). The molecule has 2 fully saturated rings. The molecule has 2 aromatic rings. The van der Waals surface area contributed by atoms with E-state index in [4.69, 9.17) is 0 Å². The Morgan fingerprint density at radius 1 is 0.963 bits per heavy atom. The average molecular weight is 364 g/mol. The summed E-state index contributed by atoms with van der Waals surface area (Å²) in [6, 6.07) is 20.9. The van der Waals surface area contributed by atoms with Crippen LogP contribution in [-0.4, -0.2) is 37.6 Å². The van der Waals surface area contributed by atoms with Gasteiger partial charge in [-0.05, 0) is 30.4 Å². The van der Waals surface area contributed by atoms with Crippen LogP contribution < -0.4 is 5.32 Å². The smallest absolute Gasteiger partial charge is 0.224 e. The largest absolute Gasteiger partial charge is 0.342 e. The van der Waals surface area contributed by atoms with Crippen LogP contribution in [-0.2, 0) is 10.3 Å². The lowest BCUT2D eigenvalue weighted by molar-refractivity contribution is -0.879. The molecule has 27 heavy (non-hydrogen) atoms. The second kappa shape index (κ2) is 7.12. The Hall–Kier alpha value is -2.13. The molecule has 3 nitrogen and oxygen atoms in total. The van der Waals surface area contributed by atoms with Crippen LogP contribution in [0.25, 0.3) is 0 Å². The molecule has 2 aliphatic heterocycles. The quantitative estimate of drug-likeness (QED) is 0.801. The van der Waals surface area contributed by atoms with Crippen molar-refractivity contribution < 1.29 is 9.28 Å². The molecule has 0 aliphatic carbocycles. The predicted molar refractivity (Wildman–Crippen MR) is 109 cm³/mol. The van der Waals surface area contributed by atoms with Gasteiger partial charge in [0.05, 0.1) is 32.7 Å². The molecule has 0 aromatic heterocycles. The number of amides is 1.